The lowest BCUT2D eigenvalue weighted by molar-refractivity contribution is -0.151. The van der Waals surface area contributed by atoms with Crippen LogP contribution in [0.25, 0.3) is 0 Å². The maximum atomic E-state index is 13.8. The molecule has 8 nitrogen and oxygen atoms in total. The van der Waals surface area contributed by atoms with Crippen LogP contribution in [0.15, 0.2) is 12.7 Å². The maximum Gasteiger partial charge on any atom is 0.310 e. The van der Waals surface area contributed by atoms with Crippen LogP contribution in [0.4, 0.5) is 0 Å². The fourth-order valence-corrected chi connectivity index (χ4v) is 5.55. The third kappa shape index (κ3) is 3.36. The second kappa shape index (κ2) is 8.44. The number of aliphatic hydroxyl groups is 1. The van der Waals surface area contributed by atoms with Crippen molar-refractivity contribution in [1.29, 1.82) is 0 Å². The molecule has 3 aliphatic heterocycles. The molecular formula is C21H32N2O6. The summed E-state index contributed by atoms with van der Waals surface area (Å²) >= 11 is 0. The molecule has 29 heavy (non-hydrogen) atoms. The second-order valence-corrected chi connectivity index (χ2v) is 8.42. The molecule has 1 spiro atoms. The predicted octanol–water partition coefficient (Wildman–Crippen LogP) is 1.03. The minimum atomic E-state index is -1.09. The van der Waals surface area contributed by atoms with E-state index in [0.717, 1.165) is 12.8 Å². The van der Waals surface area contributed by atoms with Gasteiger partial charge in [-0.3, -0.25) is 14.4 Å². The van der Waals surface area contributed by atoms with Crippen molar-refractivity contribution in [2.45, 2.75) is 69.7 Å². The van der Waals surface area contributed by atoms with Crippen molar-refractivity contribution >= 4 is 17.8 Å². The smallest absolute Gasteiger partial charge is 0.310 e. The molecule has 2 amide bonds. The first-order valence-electron chi connectivity index (χ1n) is 10.6. The van der Waals surface area contributed by atoms with Gasteiger partial charge in [-0.05, 0) is 32.6 Å². The lowest BCUT2D eigenvalue weighted by Gasteiger charge is -2.38. The fraction of sp³-hybridized carbons (Fsp3) is 0.762. The van der Waals surface area contributed by atoms with Gasteiger partial charge in [0.05, 0.1) is 17.9 Å². The molecule has 0 aromatic heterocycles. The molecule has 3 saturated heterocycles. The summed E-state index contributed by atoms with van der Waals surface area (Å²) in [5.74, 6) is -3.38. The molecule has 3 heterocycles. The Balaban J connectivity index is 2.01. The third-order valence-electron chi connectivity index (χ3n) is 6.72. The highest BCUT2D eigenvalue weighted by atomic mass is 16.5. The molecule has 2 bridgehead atoms. The minimum Gasteiger partial charge on any atom is -0.481 e. The van der Waals surface area contributed by atoms with Gasteiger partial charge in [0.2, 0.25) is 11.8 Å². The van der Waals surface area contributed by atoms with Crippen LogP contribution in [0, 0.1) is 11.8 Å². The summed E-state index contributed by atoms with van der Waals surface area (Å²) in [5, 5.41) is 19.0. The first-order chi connectivity index (χ1) is 13.8. The zero-order chi connectivity index (χ0) is 21.3. The van der Waals surface area contributed by atoms with Gasteiger partial charge >= 0.3 is 5.97 Å². The summed E-state index contributed by atoms with van der Waals surface area (Å²) in [6.45, 7) is 8.23. The van der Waals surface area contributed by atoms with Crippen molar-refractivity contribution in [2.75, 3.05) is 19.7 Å². The highest BCUT2D eigenvalue weighted by molar-refractivity contribution is 5.98. The number of nitrogens with zero attached hydrogens (tertiary/aromatic N) is 2. The SMILES string of the molecule is C=CCN(C(=O)[C@H]1N(CCCO)C(=O)[C@@H]2[C@@H](C(=O)O)[C@H]3CC[C@]21O3)C(C)CCC. The maximum absolute atomic E-state index is 13.8. The van der Waals surface area contributed by atoms with E-state index in [0.29, 0.717) is 25.8 Å². The van der Waals surface area contributed by atoms with Gasteiger partial charge in [0.25, 0.3) is 0 Å². The summed E-state index contributed by atoms with van der Waals surface area (Å²) in [6.07, 6.45) is 4.21. The molecule has 6 atom stereocenters. The van der Waals surface area contributed by atoms with Gasteiger partial charge in [0.15, 0.2) is 0 Å². The predicted molar refractivity (Wildman–Crippen MR) is 105 cm³/mol. The highest BCUT2D eigenvalue weighted by Crippen LogP contribution is 2.58. The van der Waals surface area contributed by atoms with Gasteiger partial charge in [0.1, 0.15) is 11.6 Å². The van der Waals surface area contributed by atoms with E-state index < -0.39 is 35.6 Å². The van der Waals surface area contributed by atoms with Crippen LogP contribution >= 0.6 is 0 Å². The number of carbonyl (C=O) groups excluding carboxylic acids is 2. The highest BCUT2D eigenvalue weighted by Gasteiger charge is 2.74. The number of rotatable bonds is 10. The number of hydrogen-bond acceptors (Lipinski definition) is 5. The molecule has 0 aromatic carbocycles. The zero-order valence-electron chi connectivity index (χ0n) is 17.2. The number of fused-ring (bicyclic) bond motifs is 1. The van der Waals surface area contributed by atoms with E-state index in [2.05, 4.69) is 6.58 Å². The molecule has 8 heteroatoms. The van der Waals surface area contributed by atoms with Crippen LogP contribution < -0.4 is 0 Å². The molecule has 0 radical (unpaired) electrons. The Kier molecular flexibility index (Phi) is 6.33. The molecule has 0 aromatic rings. The lowest BCUT2D eigenvalue weighted by atomic mass is 9.70. The molecule has 162 valence electrons. The van der Waals surface area contributed by atoms with Crippen LogP contribution in [-0.2, 0) is 19.1 Å². The van der Waals surface area contributed by atoms with Crippen molar-refractivity contribution < 1.29 is 29.3 Å². The molecule has 3 fully saturated rings. The van der Waals surface area contributed by atoms with Crippen molar-refractivity contribution in [3.05, 3.63) is 12.7 Å². The van der Waals surface area contributed by atoms with Crippen molar-refractivity contribution in [3.63, 3.8) is 0 Å². The Morgan fingerprint density at radius 1 is 1.48 bits per heavy atom. The number of carboxylic acids is 1. The van der Waals surface area contributed by atoms with E-state index in [1.807, 2.05) is 13.8 Å². The molecule has 0 aliphatic carbocycles. The number of likely N-dealkylation sites (tertiary alicyclic amines) is 1. The van der Waals surface area contributed by atoms with Crippen LogP contribution in [0.1, 0.15) is 46.0 Å². The van der Waals surface area contributed by atoms with Gasteiger partial charge in [0, 0.05) is 25.7 Å². The second-order valence-electron chi connectivity index (χ2n) is 8.42. The molecule has 2 N–H and O–H groups in total. The van der Waals surface area contributed by atoms with E-state index in [4.69, 9.17) is 4.74 Å². The van der Waals surface area contributed by atoms with Crippen LogP contribution in [0.2, 0.25) is 0 Å². The first kappa shape index (κ1) is 21.8. The van der Waals surface area contributed by atoms with Crippen molar-refractivity contribution in [3.8, 4) is 0 Å². The fourth-order valence-electron chi connectivity index (χ4n) is 5.55. The average Bonchev–Trinajstić information content (AvgIpc) is 3.31. The summed E-state index contributed by atoms with van der Waals surface area (Å²) in [4.78, 5) is 42.2. The van der Waals surface area contributed by atoms with Gasteiger partial charge in [-0.2, -0.15) is 0 Å². The van der Waals surface area contributed by atoms with Crippen molar-refractivity contribution in [2.24, 2.45) is 11.8 Å². The largest absolute Gasteiger partial charge is 0.481 e. The minimum absolute atomic E-state index is 0.0374. The summed E-state index contributed by atoms with van der Waals surface area (Å²) in [6, 6.07) is -0.898. The van der Waals surface area contributed by atoms with Gasteiger partial charge < -0.3 is 24.7 Å². The van der Waals surface area contributed by atoms with Crippen LogP contribution in [0.3, 0.4) is 0 Å². The van der Waals surface area contributed by atoms with Crippen LogP contribution in [-0.4, -0.2) is 81.3 Å². The van der Waals surface area contributed by atoms with E-state index in [9.17, 15) is 24.6 Å². The number of aliphatic carboxylic acids is 1. The topological polar surface area (TPSA) is 107 Å². The molecule has 3 aliphatic rings. The molecule has 3 rings (SSSR count). The number of carboxylic acid groups (broad SMARTS) is 1. The monoisotopic (exact) mass is 408 g/mol. The summed E-state index contributed by atoms with van der Waals surface area (Å²) in [7, 11) is 0. The average molecular weight is 408 g/mol. The zero-order valence-corrected chi connectivity index (χ0v) is 17.2. The van der Waals surface area contributed by atoms with Gasteiger partial charge in [-0.1, -0.05) is 19.4 Å². The first-order valence-corrected chi connectivity index (χ1v) is 10.6. The Hall–Kier alpha value is -1.93. The molecular weight excluding hydrogens is 376 g/mol. The number of aliphatic hydroxyl groups excluding tert-OH is 1. The third-order valence-corrected chi connectivity index (χ3v) is 6.72. The van der Waals surface area contributed by atoms with E-state index >= 15 is 0 Å². The van der Waals surface area contributed by atoms with Crippen LogP contribution in [0.5, 0.6) is 0 Å². The van der Waals surface area contributed by atoms with E-state index in [1.54, 1.807) is 11.0 Å². The Morgan fingerprint density at radius 2 is 2.21 bits per heavy atom. The van der Waals surface area contributed by atoms with E-state index in [-0.39, 0.29) is 31.0 Å². The number of hydrogen-bond donors (Lipinski definition) is 2. The molecule has 0 saturated carbocycles. The summed E-state index contributed by atoms with van der Waals surface area (Å²) in [5.41, 5.74) is -1.09. The standard InChI is InChI=1S/C21H32N2O6/c1-4-7-13(3)22(10-5-2)19(26)17-21-9-8-14(29-21)15(20(27)28)16(21)18(25)23(17)11-6-12-24/h5,13-17,24H,2,4,6-12H2,1,3H3,(H,27,28)/t13?,14-,15+,16+,17-,21+/m1/s1. The molecule has 1 unspecified atom stereocenters. The Labute approximate surface area is 171 Å². The number of carbonyl (C=O) groups is 3. The normalized spacial score (nSPS) is 33.6. The Bertz CT molecular complexity index is 682. The van der Waals surface area contributed by atoms with Gasteiger partial charge in [-0.15, -0.1) is 6.58 Å². The summed E-state index contributed by atoms with van der Waals surface area (Å²) < 4.78 is 6.16. The number of amides is 2. The number of ether oxygens (including phenoxy) is 1. The Morgan fingerprint density at radius 3 is 2.79 bits per heavy atom. The quantitative estimate of drug-likeness (QED) is 0.523. The lowest BCUT2D eigenvalue weighted by Crippen LogP contribution is -2.58. The van der Waals surface area contributed by atoms with Crippen molar-refractivity contribution in [1.82, 2.24) is 9.80 Å². The van der Waals surface area contributed by atoms with Gasteiger partial charge in [-0.25, -0.2) is 0 Å². The van der Waals surface area contributed by atoms with E-state index in [1.165, 1.54) is 4.90 Å².